The first kappa shape index (κ1) is 12.5. The van der Waals surface area contributed by atoms with Gasteiger partial charge in [0.2, 0.25) is 0 Å². The quantitative estimate of drug-likeness (QED) is 0.885. The summed E-state index contributed by atoms with van der Waals surface area (Å²) in [5.74, 6) is 1.48. The molecule has 0 unspecified atom stereocenters. The molecule has 1 heterocycles. The van der Waals surface area contributed by atoms with E-state index in [4.69, 9.17) is 10.5 Å². The second-order valence-corrected chi connectivity index (χ2v) is 5.27. The van der Waals surface area contributed by atoms with E-state index in [9.17, 15) is 0 Å². The van der Waals surface area contributed by atoms with E-state index in [1.807, 2.05) is 35.0 Å². The van der Waals surface area contributed by atoms with Crippen molar-refractivity contribution >= 4 is 5.82 Å². The first-order valence-electron chi connectivity index (χ1n) is 5.92. The lowest BCUT2D eigenvalue weighted by Crippen LogP contribution is -2.24. The molecule has 2 rings (SSSR count). The molecular formula is C14H19N3O. The zero-order valence-electron chi connectivity index (χ0n) is 11.3. The number of hydrogen-bond donors (Lipinski definition) is 1. The Bertz CT molecular complexity index is 552. The molecule has 0 aliphatic rings. The molecule has 0 aliphatic carbocycles. The maximum Gasteiger partial charge on any atom is 0.122 e. The fourth-order valence-electron chi connectivity index (χ4n) is 1.86. The molecule has 18 heavy (non-hydrogen) atoms. The third kappa shape index (κ3) is 2.32. The smallest absolute Gasteiger partial charge is 0.122 e. The maximum atomic E-state index is 6.00. The van der Waals surface area contributed by atoms with E-state index in [1.165, 1.54) is 0 Å². The van der Waals surface area contributed by atoms with E-state index in [0.29, 0.717) is 5.82 Å². The Morgan fingerprint density at radius 1 is 1.22 bits per heavy atom. The molecule has 0 fully saturated rings. The van der Waals surface area contributed by atoms with Crippen molar-refractivity contribution in [3.8, 4) is 17.0 Å². The number of benzene rings is 1. The monoisotopic (exact) mass is 245 g/mol. The van der Waals surface area contributed by atoms with Gasteiger partial charge in [-0.3, -0.25) is 0 Å². The number of aromatic nitrogens is 2. The summed E-state index contributed by atoms with van der Waals surface area (Å²) in [6.07, 6.45) is 0. The van der Waals surface area contributed by atoms with Gasteiger partial charge in [0.25, 0.3) is 0 Å². The van der Waals surface area contributed by atoms with Gasteiger partial charge in [0, 0.05) is 11.6 Å². The van der Waals surface area contributed by atoms with Gasteiger partial charge in [0.1, 0.15) is 11.6 Å². The number of rotatable bonds is 2. The van der Waals surface area contributed by atoms with Crippen molar-refractivity contribution in [2.45, 2.75) is 26.3 Å². The van der Waals surface area contributed by atoms with Gasteiger partial charge in [-0.25, -0.2) is 4.68 Å². The molecule has 1 aromatic heterocycles. The van der Waals surface area contributed by atoms with Crippen LogP contribution in [0, 0.1) is 0 Å². The van der Waals surface area contributed by atoms with Crippen LogP contribution < -0.4 is 10.5 Å². The minimum absolute atomic E-state index is 0.124. The minimum atomic E-state index is -0.124. The SMILES string of the molecule is COc1cccc(-c2cc(N)n(C(C)(C)C)n2)c1. The first-order valence-corrected chi connectivity index (χ1v) is 5.92. The van der Waals surface area contributed by atoms with Crippen LogP contribution in [0.3, 0.4) is 0 Å². The molecule has 0 saturated carbocycles. The van der Waals surface area contributed by atoms with Gasteiger partial charge in [-0.05, 0) is 32.9 Å². The highest BCUT2D eigenvalue weighted by molar-refractivity contribution is 5.64. The summed E-state index contributed by atoms with van der Waals surface area (Å²) in [7, 11) is 1.65. The molecule has 0 spiro atoms. The standard InChI is InChI=1S/C14H19N3O/c1-14(2,3)17-13(15)9-12(16-17)10-6-5-7-11(8-10)18-4/h5-9H,15H2,1-4H3. The van der Waals surface area contributed by atoms with Gasteiger partial charge in [-0.2, -0.15) is 5.10 Å². The predicted octanol–water partition coefficient (Wildman–Crippen LogP) is 2.90. The van der Waals surface area contributed by atoms with Crippen LogP contribution in [0.1, 0.15) is 20.8 Å². The molecule has 0 atom stereocenters. The highest BCUT2D eigenvalue weighted by Crippen LogP contribution is 2.27. The molecule has 1 aromatic carbocycles. The van der Waals surface area contributed by atoms with E-state index in [1.54, 1.807) is 7.11 Å². The van der Waals surface area contributed by atoms with Crippen LogP contribution in [0.25, 0.3) is 11.3 Å². The molecule has 4 nitrogen and oxygen atoms in total. The summed E-state index contributed by atoms with van der Waals surface area (Å²) in [6, 6.07) is 9.69. The van der Waals surface area contributed by atoms with Gasteiger partial charge < -0.3 is 10.5 Å². The number of nitrogens with zero attached hydrogens (tertiary/aromatic N) is 2. The molecule has 4 heteroatoms. The van der Waals surface area contributed by atoms with E-state index in [2.05, 4.69) is 25.9 Å². The van der Waals surface area contributed by atoms with Crippen molar-refractivity contribution in [1.82, 2.24) is 9.78 Å². The number of nitrogens with two attached hydrogens (primary N) is 1. The second kappa shape index (κ2) is 4.37. The van der Waals surface area contributed by atoms with Gasteiger partial charge in [-0.15, -0.1) is 0 Å². The van der Waals surface area contributed by atoms with Crippen molar-refractivity contribution in [3.63, 3.8) is 0 Å². The van der Waals surface area contributed by atoms with E-state index in [-0.39, 0.29) is 5.54 Å². The topological polar surface area (TPSA) is 53.1 Å². The molecule has 0 amide bonds. The molecule has 0 bridgehead atoms. The molecular weight excluding hydrogens is 226 g/mol. The Morgan fingerprint density at radius 2 is 1.94 bits per heavy atom. The Balaban J connectivity index is 2.46. The first-order chi connectivity index (χ1) is 8.41. The summed E-state index contributed by atoms with van der Waals surface area (Å²) >= 11 is 0. The lowest BCUT2D eigenvalue weighted by molar-refractivity contribution is 0.362. The molecule has 96 valence electrons. The summed E-state index contributed by atoms with van der Waals surface area (Å²) in [5, 5.41) is 4.56. The van der Waals surface area contributed by atoms with Gasteiger partial charge in [-0.1, -0.05) is 12.1 Å². The molecule has 2 aromatic rings. The Kier molecular flexibility index (Phi) is 3.03. The Morgan fingerprint density at radius 3 is 2.50 bits per heavy atom. The summed E-state index contributed by atoms with van der Waals surface area (Å²) in [4.78, 5) is 0. The van der Waals surface area contributed by atoms with Gasteiger partial charge in [0.05, 0.1) is 18.3 Å². The lowest BCUT2D eigenvalue weighted by atomic mass is 10.1. The van der Waals surface area contributed by atoms with Crippen LogP contribution in [-0.2, 0) is 5.54 Å². The van der Waals surface area contributed by atoms with Crippen LogP contribution in [0.15, 0.2) is 30.3 Å². The number of nitrogen functional groups attached to an aromatic ring is 1. The number of methoxy groups -OCH3 is 1. The Labute approximate surface area is 107 Å². The zero-order chi connectivity index (χ0) is 13.3. The summed E-state index contributed by atoms with van der Waals surface area (Å²) in [5.41, 5.74) is 7.75. The molecule has 0 aliphatic heterocycles. The summed E-state index contributed by atoms with van der Waals surface area (Å²) < 4.78 is 7.05. The van der Waals surface area contributed by atoms with Crippen molar-refractivity contribution in [2.75, 3.05) is 12.8 Å². The number of hydrogen-bond acceptors (Lipinski definition) is 3. The highest BCUT2D eigenvalue weighted by Gasteiger charge is 2.18. The average Bonchev–Trinajstić information content (AvgIpc) is 2.71. The fraction of sp³-hybridized carbons (Fsp3) is 0.357. The number of ether oxygens (including phenoxy) is 1. The van der Waals surface area contributed by atoms with E-state index >= 15 is 0 Å². The van der Waals surface area contributed by atoms with Crippen molar-refractivity contribution < 1.29 is 4.74 Å². The Hall–Kier alpha value is -1.97. The third-order valence-corrected chi connectivity index (χ3v) is 2.74. The maximum absolute atomic E-state index is 6.00. The summed E-state index contributed by atoms with van der Waals surface area (Å²) in [6.45, 7) is 6.23. The third-order valence-electron chi connectivity index (χ3n) is 2.74. The second-order valence-electron chi connectivity index (χ2n) is 5.27. The van der Waals surface area contributed by atoms with Crippen LogP contribution >= 0.6 is 0 Å². The molecule has 2 N–H and O–H groups in total. The van der Waals surface area contributed by atoms with Crippen LogP contribution in [-0.4, -0.2) is 16.9 Å². The van der Waals surface area contributed by atoms with Crippen LogP contribution in [0.2, 0.25) is 0 Å². The fourth-order valence-corrected chi connectivity index (χ4v) is 1.86. The van der Waals surface area contributed by atoms with Crippen LogP contribution in [0.4, 0.5) is 5.82 Å². The molecule has 0 radical (unpaired) electrons. The van der Waals surface area contributed by atoms with Gasteiger partial charge in [0.15, 0.2) is 0 Å². The molecule has 0 saturated heterocycles. The largest absolute Gasteiger partial charge is 0.497 e. The van der Waals surface area contributed by atoms with Crippen molar-refractivity contribution in [1.29, 1.82) is 0 Å². The zero-order valence-corrected chi connectivity index (χ0v) is 11.3. The van der Waals surface area contributed by atoms with E-state index in [0.717, 1.165) is 17.0 Å². The minimum Gasteiger partial charge on any atom is -0.497 e. The van der Waals surface area contributed by atoms with Crippen molar-refractivity contribution in [2.24, 2.45) is 0 Å². The van der Waals surface area contributed by atoms with Crippen molar-refractivity contribution in [3.05, 3.63) is 30.3 Å². The van der Waals surface area contributed by atoms with Gasteiger partial charge >= 0.3 is 0 Å². The van der Waals surface area contributed by atoms with Crippen LogP contribution in [0.5, 0.6) is 5.75 Å². The normalized spacial score (nSPS) is 11.6. The lowest BCUT2D eigenvalue weighted by Gasteiger charge is -2.20. The predicted molar refractivity (Wildman–Crippen MR) is 73.6 cm³/mol. The average molecular weight is 245 g/mol. The highest BCUT2D eigenvalue weighted by atomic mass is 16.5. The van der Waals surface area contributed by atoms with E-state index < -0.39 is 0 Å². The number of anilines is 1.